The van der Waals surface area contributed by atoms with Crippen molar-refractivity contribution in [2.75, 3.05) is 6.61 Å². The molecule has 0 aliphatic rings. The first-order valence-corrected chi connectivity index (χ1v) is 10.9. The monoisotopic (exact) mass is 370 g/mol. The van der Waals surface area contributed by atoms with Gasteiger partial charge in [0.15, 0.2) is 0 Å². The van der Waals surface area contributed by atoms with Gasteiger partial charge in [-0.15, -0.1) is 0 Å². The van der Waals surface area contributed by atoms with Crippen molar-refractivity contribution < 1.29 is 19.1 Å². The van der Waals surface area contributed by atoms with Gasteiger partial charge in [-0.1, -0.05) is 65.2 Å². The Bertz CT molecular complexity index is 341. The first kappa shape index (κ1) is 24.9. The first-order chi connectivity index (χ1) is 12.6. The number of rotatable bonds is 18. The molecular weight excluding hydrogens is 328 g/mol. The number of unbranched alkanes of at least 4 members (excludes halogenated alkanes) is 9. The van der Waals surface area contributed by atoms with Crippen LogP contribution in [0, 0.1) is 0 Å². The van der Waals surface area contributed by atoms with E-state index in [1.807, 2.05) is 6.92 Å². The predicted octanol–water partition coefficient (Wildman–Crippen LogP) is 6.35. The molecule has 4 heteroatoms. The van der Waals surface area contributed by atoms with E-state index in [1.54, 1.807) is 0 Å². The summed E-state index contributed by atoms with van der Waals surface area (Å²) in [5.41, 5.74) is 0. The van der Waals surface area contributed by atoms with E-state index in [2.05, 4.69) is 13.8 Å². The lowest BCUT2D eigenvalue weighted by Gasteiger charge is -2.13. The maximum Gasteiger partial charge on any atom is 0.306 e. The van der Waals surface area contributed by atoms with E-state index < -0.39 is 0 Å². The third-order valence-electron chi connectivity index (χ3n) is 4.57. The van der Waals surface area contributed by atoms with Gasteiger partial charge in [0.05, 0.1) is 12.7 Å². The molecule has 0 N–H and O–H groups in total. The lowest BCUT2D eigenvalue weighted by Crippen LogP contribution is -2.15. The largest absolute Gasteiger partial charge is 0.466 e. The third-order valence-corrected chi connectivity index (χ3v) is 4.57. The molecule has 26 heavy (non-hydrogen) atoms. The SMILES string of the molecule is CCCCCCCC(=O)OCCCCC(C)OC(=O)CCCCCCC. The molecule has 0 aromatic carbocycles. The Morgan fingerprint density at radius 3 is 1.81 bits per heavy atom. The third kappa shape index (κ3) is 17.8. The fourth-order valence-corrected chi connectivity index (χ4v) is 2.88. The molecule has 0 heterocycles. The topological polar surface area (TPSA) is 52.6 Å². The molecule has 154 valence electrons. The minimum atomic E-state index is -0.0801. The number of ether oxygens (including phenoxy) is 2. The standard InChI is InChI=1S/C22H42O4/c1-4-6-8-10-12-17-21(23)25-19-15-14-16-20(3)26-22(24)18-13-11-9-7-5-2/h20H,4-19H2,1-3H3. The summed E-state index contributed by atoms with van der Waals surface area (Å²) in [4.78, 5) is 23.3. The number of hydrogen-bond donors (Lipinski definition) is 0. The Hall–Kier alpha value is -1.06. The molecule has 0 saturated carbocycles. The number of carbonyl (C=O) groups is 2. The van der Waals surface area contributed by atoms with Crippen LogP contribution < -0.4 is 0 Å². The number of esters is 2. The summed E-state index contributed by atoms with van der Waals surface area (Å²) in [5, 5.41) is 0. The van der Waals surface area contributed by atoms with Crippen LogP contribution in [0.2, 0.25) is 0 Å². The molecule has 0 bridgehead atoms. The van der Waals surface area contributed by atoms with Crippen LogP contribution >= 0.6 is 0 Å². The summed E-state index contributed by atoms with van der Waals surface area (Å²) in [6, 6.07) is 0. The van der Waals surface area contributed by atoms with Gasteiger partial charge in [0.25, 0.3) is 0 Å². The fourth-order valence-electron chi connectivity index (χ4n) is 2.88. The highest BCUT2D eigenvalue weighted by molar-refractivity contribution is 5.69. The second-order valence-electron chi connectivity index (χ2n) is 7.35. The maximum atomic E-state index is 11.7. The summed E-state index contributed by atoms with van der Waals surface area (Å²) in [7, 11) is 0. The van der Waals surface area contributed by atoms with Crippen LogP contribution in [-0.2, 0) is 19.1 Å². The molecule has 0 aliphatic carbocycles. The zero-order chi connectivity index (χ0) is 19.5. The maximum absolute atomic E-state index is 11.7. The Morgan fingerprint density at radius 1 is 0.692 bits per heavy atom. The summed E-state index contributed by atoms with van der Waals surface area (Å²) in [5.74, 6) is -0.160. The van der Waals surface area contributed by atoms with Gasteiger partial charge in [-0.3, -0.25) is 9.59 Å². The Morgan fingerprint density at radius 2 is 1.23 bits per heavy atom. The Labute approximate surface area is 161 Å². The molecule has 0 fully saturated rings. The van der Waals surface area contributed by atoms with E-state index >= 15 is 0 Å². The first-order valence-electron chi connectivity index (χ1n) is 10.9. The van der Waals surface area contributed by atoms with Gasteiger partial charge in [0, 0.05) is 12.8 Å². The smallest absolute Gasteiger partial charge is 0.306 e. The van der Waals surface area contributed by atoms with Crippen molar-refractivity contribution in [3.05, 3.63) is 0 Å². The average Bonchev–Trinajstić information content (AvgIpc) is 2.61. The molecular formula is C22H42O4. The van der Waals surface area contributed by atoms with Crippen molar-refractivity contribution in [1.82, 2.24) is 0 Å². The van der Waals surface area contributed by atoms with Crippen molar-refractivity contribution in [2.24, 2.45) is 0 Å². The Balaban J connectivity index is 3.45. The number of carbonyl (C=O) groups excluding carboxylic acids is 2. The van der Waals surface area contributed by atoms with Crippen molar-refractivity contribution in [3.8, 4) is 0 Å². The zero-order valence-corrected chi connectivity index (χ0v) is 17.5. The minimum absolute atomic E-state index is 0.0487. The van der Waals surface area contributed by atoms with Gasteiger partial charge >= 0.3 is 11.9 Å². The van der Waals surface area contributed by atoms with Crippen LogP contribution in [0.1, 0.15) is 117 Å². The van der Waals surface area contributed by atoms with Gasteiger partial charge in [-0.05, 0) is 39.0 Å². The van der Waals surface area contributed by atoms with Gasteiger partial charge in [0.2, 0.25) is 0 Å². The molecule has 0 amide bonds. The molecule has 0 radical (unpaired) electrons. The van der Waals surface area contributed by atoms with E-state index in [9.17, 15) is 9.59 Å². The molecule has 1 atom stereocenters. The van der Waals surface area contributed by atoms with Crippen molar-refractivity contribution >= 4 is 11.9 Å². The lowest BCUT2D eigenvalue weighted by molar-refractivity contribution is -0.148. The van der Waals surface area contributed by atoms with Crippen LogP contribution in [0.3, 0.4) is 0 Å². The summed E-state index contributed by atoms with van der Waals surface area (Å²) in [6.45, 7) is 6.79. The van der Waals surface area contributed by atoms with E-state index in [0.29, 0.717) is 19.4 Å². The fraction of sp³-hybridized carbons (Fsp3) is 0.909. The molecule has 0 aromatic heterocycles. The number of hydrogen-bond acceptors (Lipinski definition) is 4. The zero-order valence-electron chi connectivity index (χ0n) is 17.5. The van der Waals surface area contributed by atoms with E-state index in [-0.39, 0.29) is 18.0 Å². The highest BCUT2D eigenvalue weighted by atomic mass is 16.5. The van der Waals surface area contributed by atoms with E-state index in [1.165, 1.54) is 38.5 Å². The molecule has 0 rings (SSSR count). The normalized spacial score (nSPS) is 12.0. The van der Waals surface area contributed by atoms with Crippen molar-refractivity contribution in [2.45, 2.75) is 123 Å². The Kier molecular flexibility index (Phi) is 18.0. The van der Waals surface area contributed by atoms with E-state index in [4.69, 9.17) is 9.47 Å². The summed E-state index contributed by atoms with van der Waals surface area (Å²) < 4.78 is 10.7. The van der Waals surface area contributed by atoms with Gasteiger partial charge in [0.1, 0.15) is 0 Å². The van der Waals surface area contributed by atoms with Crippen LogP contribution in [0.15, 0.2) is 0 Å². The molecule has 0 spiro atoms. The molecule has 1 unspecified atom stereocenters. The van der Waals surface area contributed by atoms with Gasteiger partial charge in [-0.25, -0.2) is 0 Å². The second-order valence-corrected chi connectivity index (χ2v) is 7.35. The van der Waals surface area contributed by atoms with Crippen molar-refractivity contribution in [3.63, 3.8) is 0 Å². The van der Waals surface area contributed by atoms with Gasteiger partial charge in [-0.2, -0.15) is 0 Å². The van der Waals surface area contributed by atoms with Crippen LogP contribution in [0.5, 0.6) is 0 Å². The highest BCUT2D eigenvalue weighted by Crippen LogP contribution is 2.10. The molecule has 0 saturated heterocycles. The summed E-state index contributed by atoms with van der Waals surface area (Å²) in [6.07, 6.45) is 15.0. The van der Waals surface area contributed by atoms with Crippen molar-refractivity contribution in [1.29, 1.82) is 0 Å². The minimum Gasteiger partial charge on any atom is -0.466 e. The van der Waals surface area contributed by atoms with Crippen LogP contribution in [0.25, 0.3) is 0 Å². The van der Waals surface area contributed by atoms with E-state index in [0.717, 1.165) is 44.9 Å². The molecule has 0 aromatic rings. The molecule has 4 nitrogen and oxygen atoms in total. The molecule has 0 aliphatic heterocycles. The van der Waals surface area contributed by atoms with Crippen LogP contribution in [0.4, 0.5) is 0 Å². The quantitative estimate of drug-likeness (QED) is 0.208. The second kappa shape index (κ2) is 18.7. The van der Waals surface area contributed by atoms with Crippen LogP contribution in [-0.4, -0.2) is 24.6 Å². The summed E-state index contributed by atoms with van der Waals surface area (Å²) >= 11 is 0. The lowest BCUT2D eigenvalue weighted by atomic mass is 10.1. The highest BCUT2D eigenvalue weighted by Gasteiger charge is 2.09. The predicted molar refractivity (Wildman–Crippen MR) is 107 cm³/mol. The van der Waals surface area contributed by atoms with Gasteiger partial charge < -0.3 is 9.47 Å². The average molecular weight is 371 g/mol.